The van der Waals surface area contributed by atoms with E-state index < -0.39 is 5.97 Å². The van der Waals surface area contributed by atoms with Gasteiger partial charge in [-0.15, -0.1) is 0 Å². The van der Waals surface area contributed by atoms with E-state index in [4.69, 9.17) is 14.2 Å². The van der Waals surface area contributed by atoms with Gasteiger partial charge in [-0.05, 0) is 37.5 Å². The van der Waals surface area contributed by atoms with Crippen LogP contribution in [0.4, 0.5) is 0 Å². The minimum absolute atomic E-state index is 0.0945. The summed E-state index contributed by atoms with van der Waals surface area (Å²) in [5.74, 6) is 0.637. The Morgan fingerprint density at radius 1 is 1.24 bits per heavy atom. The second-order valence-corrected chi connectivity index (χ2v) is 6.10. The van der Waals surface area contributed by atoms with Crippen LogP contribution in [0, 0.1) is 0 Å². The highest BCUT2D eigenvalue weighted by atomic mass is 16.5. The Morgan fingerprint density at radius 3 is 2.68 bits per heavy atom. The van der Waals surface area contributed by atoms with Crippen molar-refractivity contribution in [3.63, 3.8) is 0 Å². The third-order valence-electron chi connectivity index (χ3n) is 4.75. The van der Waals surface area contributed by atoms with Crippen molar-refractivity contribution < 1.29 is 23.8 Å². The van der Waals surface area contributed by atoms with Gasteiger partial charge in [0.05, 0.1) is 26.9 Å². The van der Waals surface area contributed by atoms with Gasteiger partial charge >= 0.3 is 5.97 Å². The normalized spacial score (nSPS) is 19.7. The van der Waals surface area contributed by atoms with Gasteiger partial charge in [0.2, 0.25) is 0 Å². The number of nitrogens with zero attached hydrogens (tertiary/aromatic N) is 1. The smallest absolute Gasteiger partial charge is 0.343 e. The van der Waals surface area contributed by atoms with Gasteiger partial charge in [0.1, 0.15) is 5.57 Å². The van der Waals surface area contributed by atoms with Crippen LogP contribution < -0.4 is 9.47 Å². The van der Waals surface area contributed by atoms with Crippen molar-refractivity contribution in [2.24, 2.45) is 0 Å². The fourth-order valence-electron chi connectivity index (χ4n) is 3.65. The first-order valence-corrected chi connectivity index (χ1v) is 8.52. The summed E-state index contributed by atoms with van der Waals surface area (Å²) < 4.78 is 15.8. The maximum Gasteiger partial charge on any atom is 0.343 e. The predicted octanol–water partition coefficient (Wildman–Crippen LogP) is 2.63. The molecular formula is C19H23NO5. The molecule has 134 valence electrons. The van der Waals surface area contributed by atoms with Crippen LogP contribution in [0.25, 0.3) is 0 Å². The second-order valence-electron chi connectivity index (χ2n) is 6.10. The minimum atomic E-state index is -0.500. The lowest BCUT2D eigenvalue weighted by Crippen LogP contribution is -2.35. The van der Waals surface area contributed by atoms with Crippen LogP contribution in [0.1, 0.15) is 37.8 Å². The van der Waals surface area contributed by atoms with E-state index in [9.17, 15) is 9.59 Å². The molecule has 2 aliphatic heterocycles. The van der Waals surface area contributed by atoms with Crippen LogP contribution >= 0.6 is 0 Å². The van der Waals surface area contributed by atoms with E-state index in [-0.39, 0.29) is 30.4 Å². The Bertz CT molecular complexity index is 725. The molecule has 1 aromatic carbocycles. The number of carbonyl (C=O) groups is 2. The van der Waals surface area contributed by atoms with Crippen molar-refractivity contribution in [1.29, 1.82) is 0 Å². The summed E-state index contributed by atoms with van der Waals surface area (Å²) in [6.07, 6.45) is 1.91. The third kappa shape index (κ3) is 3.08. The van der Waals surface area contributed by atoms with Crippen molar-refractivity contribution >= 4 is 11.8 Å². The molecule has 0 N–H and O–H groups in total. The number of esters is 1. The number of Topliss-reactive ketones (excluding diaryl/α,β-unsaturated/α-hetero) is 1. The van der Waals surface area contributed by atoms with Gasteiger partial charge < -0.3 is 19.1 Å². The molecule has 1 atom stereocenters. The molecule has 3 rings (SSSR count). The van der Waals surface area contributed by atoms with E-state index in [0.29, 0.717) is 11.5 Å². The van der Waals surface area contributed by atoms with Crippen molar-refractivity contribution in [2.75, 3.05) is 27.4 Å². The van der Waals surface area contributed by atoms with Crippen LogP contribution in [0.5, 0.6) is 11.5 Å². The highest BCUT2D eigenvalue weighted by Crippen LogP contribution is 2.42. The molecule has 0 saturated carbocycles. The van der Waals surface area contributed by atoms with Crippen molar-refractivity contribution in [3.05, 3.63) is 35.0 Å². The number of ketones is 1. The summed E-state index contributed by atoms with van der Waals surface area (Å²) in [6, 6.07) is 5.61. The SMILES string of the molecule is CCOC(=O)C1=C2CCCN2[C@@H](c2ccc(OC)c(OC)c2)CC1=O. The van der Waals surface area contributed by atoms with Crippen LogP contribution in [-0.4, -0.2) is 44.0 Å². The molecule has 0 amide bonds. The van der Waals surface area contributed by atoms with E-state index >= 15 is 0 Å². The fraction of sp³-hybridized carbons (Fsp3) is 0.474. The quantitative estimate of drug-likeness (QED) is 0.604. The first-order valence-electron chi connectivity index (χ1n) is 8.52. The van der Waals surface area contributed by atoms with Gasteiger partial charge in [-0.1, -0.05) is 6.07 Å². The van der Waals surface area contributed by atoms with E-state index in [2.05, 4.69) is 4.90 Å². The molecular weight excluding hydrogens is 322 g/mol. The van der Waals surface area contributed by atoms with Crippen molar-refractivity contribution in [1.82, 2.24) is 4.90 Å². The molecule has 2 aliphatic rings. The number of fused-ring (bicyclic) bond motifs is 1. The molecule has 1 aromatic rings. The number of hydrogen-bond acceptors (Lipinski definition) is 6. The Morgan fingerprint density at radius 2 is 2.00 bits per heavy atom. The Kier molecular flexibility index (Phi) is 4.97. The molecule has 0 aromatic heterocycles. The average Bonchev–Trinajstić information content (AvgIpc) is 3.09. The molecule has 0 aliphatic carbocycles. The first kappa shape index (κ1) is 17.3. The maximum atomic E-state index is 12.7. The zero-order valence-electron chi connectivity index (χ0n) is 14.8. The summed E-state index contributed by atoms with van der Waals surface area (Å²) in [6.45, 7) is 2.84. The Balaban J connectivity index is 1.98. The molecule has 0 radical (unpaired) electrons. The van der Waals surface area contributed by atoms with Gasteiger partial charge in [0.25, 0.3) is 0 Å². The number of benzene rings is 1. The Labute approximate surface area is 147 Å². The summed E-state index contributed by atoms with van der Waals surface area (Å²) in [4.78, 5) is 27.0. The van der Waals surface area contributed by atoms with Gasteiger partial charge in [0, 0.05) is 18.7 Å². The first-order chi connectivity index (χ1) is 12.1. The standard InChI is InChI=1S/C19H23NO5/c1-4-25-19(22)18-13-6-5-9-20(13)14(11-15(18)21)12-7-8-16(23-2)17(10-12)24-3/h7-8,10,14H,4-6,9,11H2,1-3H3/t14-/m1/s1. The summed E-state index contributed by atoms with van der Waals surface area (Å²) in [5, 5.41) is 0. The number of rotatable bonds is 5. The molecule has 0 bridgehead atoms. The maximum absolute atomic E-state index is 12.7. The van der Waals surface area contributed by atoms with E-state index in [1.807, 2.05) is 18.2 Å². The van der Waals surface area contributed by atoms with Gasteiger partial charge in [-0.3, -0.25) is 4.79 Å². The molecule has 1 saturated heterocycles. The summed E-state index contributed by atoms with van der Waals surface area (Å²) >= 11 is 0. The van der Waals surface area contributed by atoms with Gasteiger partial charge in [-0.25, -0.2) is 4.79 Å². The van der Waals surface area contributed by atoms with Crippen LogP contribution in [0.3, 0.4) is 0 Å². The molecule has 2 heterocycles. The van der Waals surface area contributed by atoms with Crippen molar-refractivity contribution in [3.8, 4) is 11.5 Å². The monoisotopic (exact) mass is 345 g/mol. The van der Waals surface area contributed by atoms with Crippen LogP contribution in [-0.2, 0) is 14.3 Å². The number of allylic oxidation sites excluding steroid dienone is 1. The molecule has 1 fully saturated rings. The molecule has 6 heteroatoms. The number of methoxy groups -OCH3 is 2. The molecule has 6 nitrogen and oxygen atoms in total. The van der Waals surface area contributed by atoms with Crippen molar-refractivity contribution in [2.45, 2.75) is 32.2 Å². The highest BCUT2D eigenvalue weighted by Gasteiger charge is 2.40. The van der Waals surface area contributed by atoms with E-state index in [1.54, 1.807) is 21.1 Å². The minimum Gasteiger partial charge on any atom is -0.493 e. The fourth-order valence-corrected chi connectivity index (χ4v) is 3.65. The lowest BCUT2D eigenvalue weighted by molar-refractivity contribution is -0.140. The molecule has 0 spiro atoms. The molecule has 0 unspecified atom stereocenters. The number of ether oxygens (including phenoxy) is 3. The van der Waals surface area contributed by atoms with Crippen LogP contribution in [0.2, 0.25) is 0 Å². The average molecular weight is 345 g/mol. The van der Waals surface area contributed by atoms with E-state index in [0.717, 1.165) is 30.6 Å². The van der Waals surface area contributed by atoms with Gasteiger partial charge in [0.15, 0.2) is 17.3 Å². The third-order valence-corrected chi connectivity index (χ3v) is 4.75. The number of carbonyl (C=O) groups excluding carboxylic acids is 2. The zero-order chi connectivity index (χ0) is 18.0. The number of hydrogen-bond donors (Lipinski definition) is 0. The summed E-state index contributed by atoms with van der Waals surface area (Å²) in [5.41, 5.74) is 2.03. The zero-order valence-corrected chi connectivity index (χ0v) is 14.8. The lowest BCUT2D eigenvalue weighted by atomic mass is 9.90. The topological polar surface area (TPSA) is 65.1 Å². The van der Waals surface area contributed by atoms with Crippen LogP contribution in [0.15, 0.2) is 29.5 Å². The predicted molar refractivity (Wildman–Crippen MR) is 91.5 cm³/mol. The highest BCUT2D eigenvalue weighted by molar-refractivity contribution is 6.18. The molecule has 25 heavy (non-hydrogen) atoms. The lowest BCUT2D eigenvalue weighted by Gasteiger charge is -2.35. The summed E-state index contributed by atoms with van der Waals surface area (Å²) in [7, 11) is 3.18. The van der Waals surface area contributed by atoms with E-state index in [1.165, 1.54) is 0 Å². The largest absolute Gasteiger partial charge is 0.493 e. The second kappa shape index (κ2) is 7.17. The van der Waals surface area contributed by atoms with Gasteiger partial charge in [-0.2, -0.15) is 0 Å². The Hall–Kier alpha value is -2.50.